The summed E-state index contributed by atoms with van der Waals surface area (Å²) in [4.78, 5) is 6.78. The summed E-state index contributed by atoms with van der Waals surface area (Å²) < 4.78 is 18.8. The third-order valence-corrected chi connectivity index (χ3v) is 6.46. The highest BCUT2D eigenvalue weighted by molar-refractivity contribution is 7.80. The molecule has 0 aliphatic carbocycles. The maximum atomic E-state index is 5.86. The highest BCUT2D eigenvalue weighted by Gasteiger charge is 2.42. The van der Waals surface area contributed by atoms with Crippen molar-refractivity contribution in [3.05, 3.63) is 96.6 Å². The lowest BCUT2D eigenvalue weighted by atomic mass is 10.0. The van der Waals surface area contributed by atoms with Gasteiger partial charge in [0.15, 0.2) is 16.6 Å². The van der Waals surface area contributed by atoms with E-state index in [1.165, 1.54) is 0 Å². The van der Waals surface area contributed by atoms with Crippen LogP contribution in [0.25, 0.3) is 5.69 Å². The quantitative estimate of drug-likeness (QED) is 0.421. The van der Waals surface area contributed by atoms with Crippen molar-refractivity contribution in [2.75, 3.05) is 18.8 Å². The van der Waals surface area contributed by atoms with Gasteiger partial charge in [0.25, 0.3) is 0 Å². The number of hydrogen-bond donors (Lipinski definition) is 1. The fourth-order valence-corrected chi connectivity index (χ4v) is 4.95. The molecule has 2 atom stereocenters. The summed E-state index contributed by atoms with van der Waals surface area (Å²) in [5, 5.41) is 4.13. The predicted molar refractivity (Wildman–Crippen MR) is 133 cm³/mol. The second-order valence-corrected chi connectivity index (χ2v) is 8.43. The van der Waals surface area contributed by atoms with Crippen LogP contribution in [0.5, 0.6) is 17.2 Å². The standard InChI is InChI=1S/C26H22N4O3S/c1-31-19-7-4-6-17(14-19)29-13-5-9-21(29)25-24(20-8-2-3-12-27-20)28-26(34)30(25)18-10-11-22-23(15-18)33-16-32-22/h2-15,24-25H,16H2,1H3,(H,28,34)/t24-,25+/m1/s1. The molecule has 2 aliphatic rings. The lowest BCUT2D eigenvalue weighted by Gasteiger charge is -2.29. The molecule has 170 valence electrons. The molecule has 2 aromatic carbocycles. The van der Waals surface area contributed by atoms with Crippen LogP contribution in [0, 0.1) is 0 Å². The second kappa shape index (κ2) is 8.39. The lowest BCUT2D eigenvalue weighted by molar-refractivity contribution is 0.174. The Kier molecular flexibility index (Phi) is 5.07. The zero-order valence-corrected chi connectivity index (χ0v) is 19.2. The van der Waals surface area contributed by atoms with Crippen molar-refractivity contribution in [1.29, 1.82) is 0 Å². The van der Waals surface area contributed by atoms with Crippen molar-refractivity contribution >= 4 is 23.0 Å². The number of methoxy groups -OCH3 is 1. The van der Waals surface area contributed by atoms with E-state index in [2.05, 4.69) is 38.1 Å². The molecule has 4 aromatic rings. The number of ether oxygens (including phenoxy) is 3. The number of pyridine rings is 1. The molecule has 0 bridgehead atoms. The summed E-state index contributed by atoms with van der Waals surface area (Å²) in [5.41, 5.74) is 3.90. The zero-order chi connectivity index (χ0) is 23.1. The van der Waals surface area contributed by atoms with E-state index in [4.69, 9.17) is 26.4 Å². The predicted octanol–water partition coefficient (Wildman–Crippen LogP) is 4.79. The van der Waals surface area contributed by atoms with Crippen molar-refractivity contribution in [2.24, 2.45) is 0 Å². The largest absolute Gasteiger partial charge is 0.497 e. The third-order valence-electron chi connectivity index (χ3n) is 6.15. The number of rotatable bonds is 5. The number of benzene rings is 2. The van der Waals surface area contributed by atoms with Crippen LogP contribution in [0.15, 0.2) is 85.2 Å². The molecule has 0 unspecified atom stereocenters. The summed E-state index contributed by atoms with van der Waals surface area (Å²) in [6.45, 7) is 0.222. The smallest absolute Gasteiger partial charge is 0.231 e. The van der Waals surface area contributed by atoms with Crippen LogP contribution in [0.4, 0.5) is 5.69 Å². The second-order valence-electron chi connectivity index (χ2n) is 8.04. The van der Waals surface area contributed by atoms with E-state index in [-0.39, 0.29) is 18.9 Å². The number of nitrogens with one attached hydrogen (secondary N) is 1. The Morgan fingerprint density at radius 1 is 0.971 bits per heavy atom. The molecule has 6 rings (SSSR count). The van der Waals surface area contributed by atoms with Gasteiger partial charge in [-0.2, -0.15) is 0 Å². The molecule has 2 aliphatic heterocycles. The van der Waals surface area contributed by atoms with E-state index in [1.54, 1.807) is 7.11 Å². The monoisotopic (exact) mass is 470 g/mol. The third kappa shape index (κ3) is 3.43. The van der Waals surface area contributed by atoms with Crippen LogP contribution in [-0.4, -0.2) is 28.6 Å². The van der Waals surface area contributed by atoms with Crippen molar-refractivity contribution in [3.8, 4) is 22.9 Å². The molecule has 0 saturated carbocycles. The minimum atomic E-state index is -0.163. The number of aromatic nitrogens is 2. The van der Waals surface area contributed by atoms with Gasteiger partial charge in [0, 0.05) is 41.6 Å². The maximum Gasteiger partial charge on any atom is 0.231 e. The van der Waals surface area contributed by atoms with Crippen LogP contribution in [0.1, 0.15) is 23.5 Å². The summed E-state index contributed by atoms with van der Waals surface area (Å²) in [5.74, 6) is 2.24. The van der Waals surface area contributed by atoms with Gasteiger partial charge >= 0.3 is 0 Å². The van der Waals surface area contributed by atoms with E-state index in [0.29, 0.717) is 10.9 Å². The average molecular weight is 471 g/mol. The summed E-state index contributed by atoms with van der Waals surface area (Å²) in [6, 6.07) is 23.7. The van der Waals surface area contributed by atoms with Crippen LogP contribution in [0.2, 0.25) is 0 Å². The first-order valence-corrected chi connectivity index (χ1v) is 11.4. The molecule has 8 heteroatoms. The number of hydrogen-bond acceptors (Lipinski definition) is 5. The zero-order valence-electron chi connectivity index (χ0n) is 18.4. The molecule has 1 fully saturated rings. The first-order valence-electron chi connectivity index (χ1n) is 10.9. The van der Waals surface area contributed by atoms with Crippen LogP contribution >= 0.6 is 12.2 Å². The average Bonchev–Trinajstić information content (AvgIpc) is 3.62. The summed E-state index contributed by atoms with van der Waals surface area (Å²) in [6.07, 6.45) is 3.86. The van der Waals surface area contributed by atoms with Gasteiger partial charge in [-0.3, -0.25) is 4.98 Å². The Balaban J connectivity index is 1.50. The molecular weight excluding hydrogens is 448 g/mol. The molecule has 7 nitrogen and oxygen atoms in total. The van der Waals surface area contributed by atoms with Gasteiger partial charge in [0.2, 0.25) is 6.79 Å². The highest BCUT2D eigenvalue weighted by atomic mass is 32.1. The summed E-state index contributed by atoms with van der Waals surface area (Å²) >= 11 is 5.86. The van der Waals surface area contributed by atoms with Gasteiger partial charge in [0.05, 0.1) is 18.8 Å². The molecule has 2 aromatic heterocycles. The number of fused-ring (bicyclic) bond motifs is 1. The van der Waals surface area contributed by atoms with E-state index in [0.717, 1.165) is 34.3 Å². The van der Waals surface area contributed by atoms with Gasteiger partial charge in [0.1, 0.15) is 11.8 Å². The van der Waals surface area contributed by atoms with Gasteiger partial charge in [-0.05, 0) is 60.7 Å². The van der Waals surface area contributed by atoms with Crippen molar-refractivity contribution in [3.63, 3.8) is 0 Å². The highest BCUT2D eigenvalue weighted by Crippen LogP contribution is 2.45. The molecule has 1 saturated heterocycles. The molecule has 34 heavy (non-hydrogen) atoms. The first-order chi connectivity index (χ1) is 16.7. The molecule has 1 N–H and O–H groups in total. The first kappa shape index (κ1) is 20.6. The van der Waals surface area contributed by atoms with E-state index in [9.17, 15) is 0 Å². The van der Waals surface area contributed by atoms with E-state index < -0.39 is 0 Å². The van der Waals surface area contributed by atoms with Crippen LogP contribution in [0.3, 0.4) is 0 Å². The number of nitrogens with zero attached hydrogens (tertiary/aromatic N) is 3. The van der Waals surface area contributed by atoms with Gasteiger partial charge in [-0.15, -0.1) is 0 Å². The fourth-order valence-electron chi connectivity index (χ4n) is 4.60. The van der Waals surface area contributed by atoms with Gasteiger partial charge < -0.3 is 29.0 Å². The SMILES string of the molecule is COc1cccc(-n2cccc2[C@H]2[C@@H](c3ccccn3)NC(=S)N2c2ccc3c(c2)OCO3)c1. The van der Waals surface area contributed by atoms with E-state index in [1.807, 2.05) is 66.9 Å². The Morgan fingerprint density at radius 3 is 2.74 bits per heavy atom. The van der Waals surface area contributed by atoms with Crippen molar-refractivity contribution < 1.29 is 14.2 Å². The van der Waals surface area contributed by atoms with Gasteiger partial charge in [-0.1, -0.05) is 12.1 Å². The minimum absolute atomic E-state index is 0.154. The molecular formula is C26H22N4O3S. The Hall–Kier alpha value is -4.04. The molecule has 0 radical (unpaired) electrons. The molecule has 4 heterocycles. The molecule has 0 amide bonds. The van der Waals surface area contributed by atoms with Crippen molar-refractivity contribution in [2.45, 2.75) is 12.1 Å². The maximum absolute atomic E-state index is 5.86. The van der Waals surface area contributed by atoms with Crippen molar-refractivity contribution in [1.82, 2.24) is 14.9 Å². The Labute approximate surface area is 202 Å². The number of thiocarbonyl (C=S) groups is 1. The minimum Gasteiger partial charge on any atom is -0.497 e. The normalized spacial score (nSPS) is 18.7. The molecule has 0 spiro atoms. The van der Waals surface area contributed by atoms with Crippen LogP contribution < -0.4 is 24.4 Å². The number of anilines is 1. The van der Waals surface area contributed by atoms with Gasteiger partial charge in [-0.25, -0.2) is 0 Å². The fraction of sp³-hybridized carbons (Fsp3) is 0.154. The topological polar surface area (TPSA) is 60.8 Å². The summed E-state index contributed by atoms with van der Waals surface area (Å²) in [7, 11) is 1.67. The van der Waals surface area contributed by atoms with E-state index >= 15 is 0 Å². The van der Waals surface area contributed by atoms with Crippen LogP contribution in [-0.2, 0) is 0 Å². The Bertz CT molecular complexity index is 1360. The lowest BCUT2D eigenvalue weighted by Crippen LogP contribution is -2.30. The Morgan fingerprint density at radius 2 is 1.88 bits per heavy atom.